The van der Waals surface area contributed by atoms with Crippen molar-refractivity contribution < 1.29 is 9.13 Å². The van der Waals surface area contributed by atoms with Crippen molar-refractivity contribution in [2.45, 2.75) is 12.8 Å². The maximum absolute atomic E-state index is 13.1. The molecule has 1 aliphatic rings. The van der Waals surface area contributed by atoms with Gasteiger partial charge in [-0.15, -0.1) is 0 Å². The predicted molar refractivity (Wildman–Crippen MR) is 76.5 cm³/mol. The summed E-state index contributed by atoms with van der Waals surface area (Å²) in [6.07, 6.45) is 1.79. The smallest absolute Gasteiger partial charge is 0.148 e. The molecule has 1 aromatic carbocycles. The molecule has 0 saturated carbocycles. The van der Waals surface area contributed by atoms with E-state index in [0.29, 0.717) is 6.61 Å². The highest BCUT2D eigenvalue weighted by Gasteiger charge is 2.20. The molecule has 0 atom stereocenters. The molecule has 104 valence electrons. The summed E-state index contributed by atoms with van der Waals surface area (Å²) in [5.41, 5.74) is 3.97. The molecular weight excluding hydrogens is 255 g/mol. The molecular formula is C16H17FN2O. The van der Waals surface area contributed by atoms with E-state index in [9.17, 15) is 4.39 Å². The lowest BCUT2D eigenvalue weighted by Gasteiger charge is -2.10. The summed E-state index contributed by atoms with van der Waals surface area (Å²) >= 11 is 0. The number of benzene rings is 1. The molecule has 0 radical (unpaired) electrons. The number of hydrogen-bond acceptors (Lipinski definition) is 3. The Kier molecular flexibility index (Phi) is 3.65. The second kappa shape index (κ2) is 5.59. The van der Waals surface area contributed by atoms with Crippen molar-refractivity contribution >= 4 is 0 Å². The summed E-state index contributed by atoms with van der Waals surface area (Å²) in [7, 11) is 1.93. The van der Waals surface area contributed by atoms with Gasteiger partial charge in [-0.2, -0.15) is 0 Å². The minimum atomic E-state index is -0.238. The molecule has 2 heterocycles. The Labute approximate surface area is 117 Å². The molecule has 3 nitrogen and oxygen atoms in total. The van der Waals surface area contributed by atoms with Crippen molar-refractivity contribution in [1.29, 1.82) is 0 Å². The van der Waals surface area contributed by atoms with Gasteiger partial charge in [-0.25, -0.2) is 9.37 Å². The lowest BCUT2D eigenvalue weighted by Crippen LogP contribution is -2.11. The number of fused-ring (bicyclic) bond motifs is 1. The fourth-order valence-corrected chi connectivity index (χ4v) is 2.44. The third-order valence-electron chi connectivity index (χ3n) is 3.47. The van der Waals surface area contributed by atoms with Gasteiger partial charge in [0.2, 0.25) is 0 Å². The second-order valence-electron chi connectivity index (χ2n) is 4.91. The van der Waals surface area contributed by atoms with Crippen molar-refractivity contribution in [3.05, 3.63) is 47.4 Å². The zero-order valence-electron chi connectivity index (χ0n) is 11.4. The first-order chi connectivity index (χ1) is 9.78. The van der Waals surface area contributed by atoms with Crippen LogP contribution in [0, 0.1) is 5.82 Å². The second-order valence-corrected chi connectivity index (χ2v) is 4.91. The Balaban J connectivity index is 2.04. The first-order valence-electron chi connectivity index (χ1n) is 6.84. The van der Waals surface area contributed by atoms with Gasteiger partial charge < -0.3 is 10.1 Å². The summed E-state index contributed by atoms with van der Waals surface area (Å²) in [4.78, 5) is 4.69. The Morgan fingerprint density at radius 2 is 2.10 bits per heavy atom. The summed E-state index contributed by atoms with van der Waals surface area (Å²) in [6, 6.07) is 8.53. The Hall–Kier alpha value is -1.94. The van der Waals surface area contributed by atoms with Gasteiger partial charge in [0.1, 0.15) is 17.3 Å². The lowest BCUT2D eigenvalue weighted by atomic mass is 10.0. The highest BCUT2D eigenvalue weighted by atomic mass is 19.1. The molecule has 3 rings (SSSR count). The SMILES string of the molecule is CNCCc1cc2c(c(-c3ccc(F)cc3)n1)OCC2. The van der Waals surface area contributed by atoms with Gasteiger partial charge in [0, 0.05) is 36.2 Å². The van der Waals surface area contributed by atoms with E-state index in [1.807, 2.05) is 7.05 Å². The number of hydrogen-bond donors (Lipinski definition) is 1. The predicted octanol–water partition coefficient (Wildman–Crippen LogP) is 2.58. The zero-order chi connectivity index (χ0) is 13.9. The Morgan fingerprint density at radius 1 is 1.30 bits per heavy atom. The number of aromatic nitrogens is 1. The van der Waals surface area contributed by atoms with E-state index < -0.39 is 0 Å². The maximum atomic E-state index is 13.1. The number of rotatable bonds is 4. The fraction of sp³-hybridized carbons (Fsp3) is 0.312. The van der Waals surface area contributed by atoms with Crippen LogP contribution >= 0.6 is 0 Å². The van der Waals surface area contributed by atoms with Crippen LogP contribution in [0.3, 0.4) is 0 Å². The lowest BCUT2D eigenvalue weighted by molar-refractivity contribution is 0.357. The van der Waals surface area contributed by atoms with Crippen molar-refractivity contribution in [3.63, 3.8) is 0 Å². The number of nitrogens with zero attached hydrogens (tertiary/aromatic N) is 1. The van der Waals surface area contributed by atoms with Crippen LogP contribution in [0.4, 0.5) is 4.39 Å². The fourth-order valence-electron chi connectivity index (χ4n) is 2.44. The van der Waals surface area contributed by atoms with E-state index in [1.54, 1.807) is 12.1 Å². The van der Waals surface area contributed by atoms with Gasteiger partial charge in [-0.05, 0) is 37.4 Å². The van der Waals surface area contributed by atoms with Gasteiger partial charge in [0.05, 0.1) is 6.61 Å². The number of likely N-dealkylation sites (N-methyl/N-ethyl adjacent to an activating group) is 1. The largest absolute Gasteiger partial charge is 0.491 e. The van der Waals surface area contributed by atoms with Gasteiger partial charge in [0.15, 0.2) is 0 Å². The molecule has 0 unspecified atom stereocenters. The normalized spacial score (nSPS) is 13.1. The molecule has 0 amide bonds. The van der Waals surface area contributed by atoms with Crippen LogP contribution in [0.5, 0.6) is 5.75 Å². The molecule has 20 heavy (non-hydrogen) atoms. The summed E-state index contributed by atoms with van der Waals surface area (Å²) in [5, 5.41) is 3.13. The molecule has 0 aliphatic carbocycles. The van der Waals surface area contributed by atoms with Crippen molar-refractivity contribution in [3.8, 4) is 17.0 Å². The summed E-state index contributed by atoms with van der Waals surface area (Å²) < 4.78 is 18.8. The van der Waals surface area contributed by atoms with E-state index in [4.69, 9.17) is 9.72 Å². The number of halogens is 1. The summed E-state index contributed by atoms with van der Waals surface area (Å²) in [6.45, 7) is 1.58. The molecule has 0 spiro atoms. The minimum Gasteiger partial charge on any atom is -0.491 e. The minimum absolute atomic E-state index is 0.238. The standard InChI is InChI=1S/C16H17FN2O/c1-18-8-6-14-10-12-7-9-20-16(12)15(19-14)11-2-4-13(17)5-3-11/h2-5,10,18H,6-9H2,1H3. The molecule has 0 bridgehead atoms. The van der Waals surface area contributed by atoms with Crippen LogP contribution in [0.2, 0.25) is 0 Å². The Bertz CT molecular complexity index is 611. The van der Waals surface area contributed by atoms with E-state index in [1.165, 1.54) is 17.7 Å². The quantitative estimate of drug-likeness (QED) is 0.929. The topological polar surface area (TPSA) is 34.2 Å². The summed E-state index contributed by atoms with van der Waals surface area (Å²) in [5.74, 6) is 0.613. The van der Waals surface area contributed by atoms with Crippen LogP contribution in [0.15, 0.2) is 30.3 Å². The van der Waals surface area contributed by atoms with Crippen molar-refractivity contribution in [2.75, 3.05) is 20.2 Å². The van der Waals surface area contributed by atoms with Gasteiger partial charge in [-0.1, -0.05) is 0 Å². The van der Waals surface area contributed by atoms with E-state index in [2.05, 4.69) is 11.4 Å². The molecule has 1 N–H and O–H groups in total. The van der Waals surface area contributed by atoms with Crippen LogP contribution < -0.4 is 10.1 Å². The van der Waals surface area contributed by atoms with E-state index >= 15 is 0 Å². The van der Waals surface area contributed by atoms with Crippen LogP contribution in [0.1, 0.15) is 11.3 Å². The highest BCUT2D eigenvalue weighted by molar-refractivity contribution is 5.69. The molecule has 1 aliphatic heterocycles. The third kappa shape index (κ3) is 2.51. The zero-order valence-corrected chi connectivity index (χ0v) is 11.4. The Morgan fingerprint density at radius 3 is 2.85 bits per heavy atom. The van der Waals surface area contributed by atoms with Crippen LogP contribution in [-0.4, -0.2) is 25.2 Å². The van der Waals surface area contributed by atoms with Crippen molar-refractivity contribution in [1.82, 2.24) is 10.3 Å². The maximum Gasteiger partial charge on any atom is 0.148 e. The van der Waals surface area contributed by atoms with Crippen LogP contribution in [0.25, 0.3) is 11.3 Å². The van der Waals surface area contributed by atoms with Gasteiger partial charge >= 0.3 is 0 Å². The van der Waals surface area contributed by atoms with E-state index in [0.717, 1.165) is 42.1 Å². The average Bonchev–Trinajstić information content (AvgIpc) is 2.93. The molecule has 1 aromatic heterocycles. The van der Waals surface area contributed by atoms with Gasteiger partial charge in [-0.3, -0.25) is 0 Å². The molecule has 2 aromatic rings. The number of ether oxygens (including phenoxy) is 1. The monoisotopic (exact) mass is 272 g/mol. The highest BCUT2D eigenvalue weighted by Crippen LogP contribution is 2.36. The molecule has 4 heteroatoms. The van der Waals surface area contributed by atoms with Gasteiger partial charge in [0.25, 0.3) is 0 Å². The third-order valence-corrected chi connectivity index (χ3v) is 3.47. The molecule has 0 fully saturated rings. The number of pyridine rings is 1. The van der Waals surface area contributed by atoms with Crippen molar-refractivity contribution in [2.24, 2.45) is 0 Å². The average molecular weight is 272 g/mol. The first kappa shape index (κ1) is 13.1. The number of nitrogens with one attached hydrogen (secondary N) is 1. The van der Waals surface area contributed by atoms with E-state index in [-0.39, 0.29) is 5.82 Å². The molecule has 0 saturated heterocycles. The van der Waals surface area contributed by atoms with Crippen LogP contribution in [-0.2, 0) is 12.8 Å². The first-order valence-corrected chi connectivity index (χ1v) is 6.84.